The lowest BCUT2D eigenvalue weighted by Gasteiger charge is -2.14. The van der Waals surface area contributed by atoms with Crippen LogP contribution >= 0.6 is 0 Å². The average molecular weight is 289 g/mol. The molecule has 1 aromatic heterocycles. The second-order valence-electron chi connectivity index (χ2n) is 5.99. The number of aromatic amines is 1. The summed E-state index contributed by atoms with van der Waals surface area (Å²) in [4.78, 5) is 3.62. The Kier molecular flexibility index (Phi) is 3.30. The fourth-order valence-electron chi connectivity index (χ4n) is 3.52. The van der Waals surface area contributed by atoms with Crippen LogP contribution in [-0.2, 0) is 19.3 Å². The van der Waals surface area contributed by atoms with Crippen molar-refractivity contribution in [3.63, 3.8) is 0 Å². The maximum absolute atomic E-state index is 3.75. The number of aryl methyl sites for hydroxylation is 2. The van der Waals surface area contributed by atoms with E-state index in [1.807, 2.05) is 0 Å². The Balaban J connectivity index is 1.91. The molecule has 0 saturated heterocycles. The molecule has 4 rings (SSSR count). The molecule has 0 fully saturated rings. The topological polar surface area (TPSA) is 26.2 Å². The van der Waals surface area contributed by atoms with Gasteiger partial charge in [-0.05, 0) is 37.0 Å². The first kappa shape index (κ1) is 13.3. The van der Waals surface area contributed by atoms with Gasteiger partial charge in [-0.15, -0.1) is 0 Å². The molecule has 0 bridgehead atoms. The van der Waals surface area contributed by atoms with Crippen molar-refractivity contribution in [2.45, 2.75) is 32.6 Å². The fourth-order valence-corrected chi connectivity index (χ4v) is 3.52. The average Bonchev–Trinajstić information content (AvgIpc) is 3.03. The molecular weight excluding hydrogens is 268 g/mol. The van der Waals surface area contributed by atoms with E-state index in [1.54, 1.807) is 0 Å². The molecular formula is C20H21N2+. The van der Waals surface area contributed by atoms with Gasteiger partial charge >= 0.3 is 0 Å². The maximum Gasteiger partial charge on any atom is 0.213 e. The van der Waals surface area contributed by atoms with Gasteiger partial charge in [0.05, 0.1) is 11.1 Å². The number of fused-ring (bicyclic) bond motifs is 2. The molecule has 22 heavy (non-hydrogen) atoms. The zero-order valence-electron chi connectivity index (χ0n) is 12.9. The monoisotopic (exact) mass is 289 g/mol. The number of H-pyrrole nitrogens is 1. The van der Waals surface area contributed by atoms with Crippen LogP contribution in [0.4, 0.5) is 11.4 Å². The molecule has 0 saturated carbocycles. The molecule has 0 aliphatic heterocycles. The summed E-state index contributed by atoms with van der Waals surface area (Å²) in [7, 11) is 0. The number of nitrogens with one attached hydrogen (secondary N) is 2. The molecule has 1 aliphatic rings. The second kappa shape index (κ2) is 5.45. The number of para-hydroxylation sites is 2. The van der Waals surface area contributed by atoms with E-state index in [2.05, 4.69) is 65.8 Å². The first-order valence-corrected chi connectivity index (χ1v) is 8.17. The van der Waals surface area contributed by atoms with Crippen LogP contribution in [0.15, 0.2) is 48.5 Å². The Morgan fingerprint density at radius 3 is 2.73 bits per heavy atom. The summed E-state index contributed by atoms with van der Waals surface area (Å²) in [5, 5.41) is 5.03. The summed E-state index contributed by atoms with van der Waals surface area (Å²) in [5.74, 6) is 0. The van der Waals surface area contributed by atoms with E-state index in [0.29, 0.717) is 0 Å². The SMILES string of the molecule is CCc1ccccc1Nc1c2c([nH+]c3ccccc13)CCC2. The van der Waals surface area contributed by atoms with Gasteiger partial charge < -0.3 is 5.32 Å². The molecule has 0 atom stereocenters. The fraction of sp³-hybridized carbons (Fsp3) is 0.250. The molecule has 0 amide bonds. The van der Waals surface area contributed by atoms with E-state index in [4.69, 9.17) is 0 Å². The lowest BCUT2D eigenvalue weighted by atomic mass is 10.0. The molecule has 110 valence electrons. The molecule has 0 spiro atoms. The van der Waals surface area contributed by atoms with Gasteiger partial charge in [-0.25, -0.2) is 4.98 Å². The van der Waals surface area contributed by atoms with Crippen LogP contribution in [-0.4, -0.2) is 0 Å². The lowest BCUT2D eigenvalue weighted by Crippen LogP contribution is -2.14. The van der Waals surface area contributed by atoms with E-state index in [1.165, 1.54) is 45.5 Å². The van der Waals surface area contributed by atoms with Crippen molar-refractivity contribution in [1.29, 1.82) is 0 Å². The summed E-state index contributed by atoms with van der Waals surface area (Å²) < 4.78 is 0. The van der Waals surface area contributed by atoms with Crippen LogP contribution in [0, 0.1) is 0 Å². The molecule has 3 aromatic rings. The van der Waals surface area contributed by atoms with E-state index < -0.39 is 0 Å². The van der Waals surface area contributed by atoms with Crippen LogP contribution in [0.2, 0.25) is 0 Å². The number of anilines is 2. The molecule has 2 aromatic carbocycles. The molecule has 0 radical (unpaired) electrons. The van der Waals surface area contributed by atoms with Crippen LogP contribution in [0.5, 0.6) is 0 Å². The Morgan fingerprint density at radius 2 is 1.82 bits per heavy atom. The molecule has 1 heterocycles. The van der Waals surface area contributed by atoms with Gasteiger partial charge in [0, 0.05) is 23.7 Å². The minimum absolute atomic E-state index is 1.04. The van der Waals surface area contributed by atoms with Crippen molar-refractivity contribution in [3.05, 3.63) is 65.4 Å². The number of rotatable bonds is 3. The van der Waals surface area contributed by atoms with E-state index in [-0.39, 0.29) is 0 Å². The third kappa shape index (κ3) is 2.16. The Morgan fingerprint density at radius 1 is 1.00 bits per heavy atom. The number of hydrogen-bond acceptors (Lipinski definition) is 1. The minimum atomic E-state index is 1.04. The van der Waals surface area contributed by atoms with Crippen LogP contribution in [0.25, 0.3) is 10.9 Å². The zero-order chi connectivity index (χ0) is 14.9. The molecule has 2 N–H and O–H groups in total. The first-order chi connectivity index (χ1) is 10.9. The normalized spacial score (nSPS) is 13.3. The largest absolute Gasteiger partial charge is 0.354 e. The summed E-state index contributed by atoms with van der Waals surface area (Å²) in [6, 6.07) is 17.2. The molecule has 1 aliphatic carbocycles. The second-order valence-corrected chi connectivity index (χ2v) is 5.99. The van der Waals surface area contributed by atoms with Crippen molar-refractivity contribution in [2.24, 2.45) is 0 Å². The standard InChI is InChI=1S/C20H20N2/c1-2-14-8-3-5-11-17(14)22-20-15-9-4-6-12-18(15)21-19-13-7-10-16(19)20/h3-6,8-9,11-12H,2,7,10,13H2,1H3,(H,21,22)/p+1. The summed E-state index contributed by atoms with van der Waals surface area (Å²) in [5.41, 5.74) is 7.98. The van der Waals surface area contributed by atoms with Crippen molar-refractivity contribution in [3.8, 4) is 0 Å². The van der Waals surface area contributed by atoms with Gasteiger partial charge in [-0.3, -0.25) is 0 Å². The summed E-state index contributed by atoms with van der Waals surface area (Å²) in [6.07, 6.45) is 4.60. The van der Waals surface area contributed by atoms with Gasteiger partial charge in [0.25, 0.3) is 0 Å². The summed E-state index contributed by atoms with van der Waals surface area (Å²) in [6.45, 7) is 2.21. The number of pyridine rings is 1. The van der Waals surface area contributed by atoms with Crippen LogP contribution in [0.3, 0.4) is 0 Å². The third-order valence-electron chi connectivity index (χ3n) is 4.66. The highest BCUT2D eigenvalue weighted by atomic mass is 14.9. The van der Waals surface area contributed by atoms with E-state index in [0.717, 1.165) is 19.3 Å². The van der Waals surface area contributed by atoms with Crippen LogP contribution in [0.1, 0.15) is 30.2 Å². The lowest BCUT2D eigenvalue weighted by molar-refractivity contribution is -0.356. The van der Waals surface area contributed by atoms with Crippen molar-refractivity contribution in [2.75, 3.05) is 5.32 Å². The van der Waals surface area contributed by atoms with Gasteiger partial charge in [0.15, 0.2) is 5.69 Å². The minimum Gasteiger partial charge on any atom is -0.354 e. The first-order valence-electron chi connectivity index (χ1n) is 8.17. The number of aromatic nitrogens is 1. The van der Waals surface area contributed by atoms with Gasteiger partial charge in [-0.1, -0.05) is 37.3 Å². The van der Waals surface area contributed by atoms with Crippen molar-refractivity contribution in [1.82, 2.24) is 0 Å². The van der Waals surface area contributed by atoms with E-state index >= 15 is 0 Å². The van der Waals surface area contributed by atoms with E-state index in [9.17, 15) is 0 Å². The van der Waals surface area contributed by atoms with Gasteiger partial charge in [-0.2, -0.15) is 0 Å². The molecule has 0 unspecified atom stereocenters. The predicted molar refractivity (Wildman–Crippen MR) is 91.6 cm³/mol. The zero-order valence-corrected chi connectivity index (χ0v) is 12.9. The van der Waals surface area contributed by atoms with Crippen LogP contribution < -0.4 is 10.3 Å². The molecule has 2 nitrogen and oxygen atoms in total. The highest BCUT2D eigenvalue weighted by Gasteiger charge is 2.24. The van der Waals surface area contributed by atoms with Gasteiger partial charge in [0.1, 0.15) is 0 Å². The highest BCUT2D eigenvalue weighted by molar-refractivity contribution is 5.93. The van der Waals surface area contributed by atoms with Crippen molar-refractivity contribution < 1.29 is 4.98 Å². The Hall–Kier alpha value is -2.35. The number of hydrogen-bond donors (Lipinski definition) is 1. The van der Waals surface area contributed by atoms with Crippen molar-refractivity contribution >= 4 is 22.3 Å². The summed E-state index contributed by atoms with van der Waals surface area (Å²) >= 11 is 0. The van der Waals surface area contributed by atoms with Gasteiger partial charge in [0.2, 0.25) is 5.52 Å². The molecule has 2 heteroatoms. The number of benzene rings is 2. The Bertz CT molecular complexity index is 836. The maximum atomic E-state index is 3.75. The predicted octanol–water partition coefficient (Wildman–Crippen LogP) is 4.45. The smallest absolute Gasteiger partial charge is 0.213 e. The third-order valence-corrected chi connectivity index (χ3v) is 4.66. The Labute approximate surface area is 131 Å². The quantitative estimate of drug-likeness (QED) is 0.757. The highest BCUT2D eigenvalue weighted by Crippen LogP contribution is 2.34.